The lowest BCUT2D eigenvalue weighted by Gasteiger charge is -2.12. The summed E-state index contributed by atoms with van der Waals surface area (Å²) in [5.41, 5.74) is 2.00. The Morgan fingerprint density at radius 2 is 2.18 bits per heavy atom. The lowest BCUT2D eigenvalue weighted by atomic mass is 10.1. The number of benzene rings is 1. The maximum atomic E-state index is 12.0. The number of amides is 1. The second kappa shape index (κ2) is 7.62. The molecule has 0 spiro atoms. The van der Waals surface area contributed by atoms with E-state index in [0.717, 1.165) is 30.7 Å². The second-order valence-electron chi connectivity index (χ2n) is 5.50. The number of nitrogens with one attached hydrogen (secondary N) is 1. The summed E-state index contributed by atoms with van der Waals surface area (Å²) in [6.45, 7) is 1.21. The topological polar surface area (TPSA) is 65.4 Å². The summed E-state index contributed by atoms with van der Waals surface area (Å²) in [7, 11) is 3.92. The lowest BCUT2D eigenvalue weighted by molar-refractivity contribution is -0.117. The number of anilines is 1. The van der Waals surface area contributed by atoms with Crippen molar-refractivity contribution < 1.29 is 9.53 Å². The van der Waals surface area contributed by atoms with Crippen LogP contribution in [0, 0.1) is 11.3 Å². The molecule has 0 bridgehead atoms. The molecule has 1 amide bonds. The van der Waals surface area contributed by atoms with E-state index < -0.39 is 0 Å². The zero-order valence-corrected chi connectivity index (χ0v) is 13.0. The van der Waals surface area contributed by atoms with Crippen LogP contribution in [0.15, 0.2) is 29.8 Å². The molecule has 1 unspecified atom stereocenters. The Kier molecular flexibility index (Phi) is 5.56. The highest BCUT2D eigenvalue weighted by molar-refractivity contribution is 6.01. The van der Waals surface area contributed by atoms with Gasteiger partial charge in [-0.05, 0) is 36.6 Å². The van der Waals surface area contributed by atoms with Crippen LogP contribution in [0.3, 0.4) is 0 Å². The van der Waals surface area contributed by atoms with E-state index >= 15 is 0 Å². The molecule has 1 saturated heterocycles. The molecule has 1 atom stereocenters. The van der Waals surface area contributed by atoms with Crippen molar-refractivity contribution in [2.45, 2.75) is 18.9 Å². The van der Waals surface area contributed by atoms with Gasteiger partial charge in [-0.1, -0.05) is 12.1 Å². The van der Waals surface area contributed by atoms with Crippen LogP contribution < -0.4 is 10.2 Å². The lowest BCUT2D eigenvalue weighted by Crippen LogP contribution is -2.32. The minimum absolute atomic E-state index is 0.0725. The normalized spacial score (nSPS) is 17.9. The van der Waals surface area contributed by atoms with Gasteiger partial charge in [0.05, 0.1) is 6.10 Å². The van der Waals surface area contributed by atoms with Crippen molar-refractivity contribution in [2.24, 2.45) is 0 Å². The molecular weight excluding hydrogens is 278 g/mol. The zero-order valence-electron chi connectivity index (χ0n) is 13.0. The smallest absolute Gasteiger partial charge is 0.262 e. The summed E-state index contributed by atoms with van der Waals surface area (Å²) in [4.78, 5) is 14.0. The zero-order chi connectivity index (χ0) is 15.9. The highest BCUT2D eigenvalue weighted by Gasteiger charge is 2.17. The number of nitrogens with zero attached hydrogens (tertiary/aromatic N) is 2. The van der Waals surface area contributed by atoms with Gasteiger partial charge in [-0.15, -0.1) is 0 Å². The number of hydrogen-bond donors (Lipinski definition) is 1. The number of carbonyl (C=O) groups excluding carboxylic acids is 1. The van der Waals surface area contributed by atoms with Crippen LogP contribution >= 0.6 is 0 Å². The van der Waals surface area contributed by atoms with Crippen LogP contribution in [0.4, 0.5) is 5.69 Å². The van der Waals surface area contributed by atoms with Gasteiger partial charge in [0.25, 0.3) is 5.91 Å². The first-order valence-corrected chi connectivity index (χ1v) is 7.39. The minimum atomic E-state index is -0.352. The molecular formula is C17H21N3O2. The Labute approximate surface area is 131 Å². The summed E-state index contributed by atoms with van der Waals surface area (Å²) in [5.74, 6) is -0.352. The predicted molar refractivity (Wildman–Crippen MR) is 86.3 cm³/mol. The van der Waals surface area contributed by atoms with E-state index in [0.29, 0.717) is 6.54 Å². The Hall–Kier alpha value is -2.32. The predicted octanol–water partition coefficient (Wildman–Crippen LogP) is 1.95. The van der Waals surface area contributed by atoms with Crippen molar-refractivity contribution in [3.05, 3.63) is 35.4 Å². The Balaban J connectivity index is 1.99. The summed E-state index contributed by atoms with van der Waals surface area (Å²) >= 11 is 0. The van der Waals surface area contributed by atoms with E-state index in [9.17, 15) is 10.1 Å². The SMILES string of the molecule is CN(C)c1ccc(/C=C(\C#N)C(=O)NCC2CCCO2)cc1. The first-order chi connectivity index (χ1) is 10.6. The van der Waals surface area contributed by atoms with Gasteiger partial charge in [0.2, 0.25) is 0 Å². The summed E-state index contributed by atoms with van der Waals surface area (Å²) in [6, 6.07) is 9.64. The van der Waals surface area contributed by atoms with Gasteiger partial charge in [-0.2, -0.15) is 5.26 Å². The van der Waals surface area contributed by atoms with Crippen LogP contribution in [0.25, 0.3) is 6.08 Å². The van der Waals surface area contributed by atoms with Gasteiger partial charge in [-0.3, -0.25) is 4.79 Å². The van der Waals surface area contributed by atoms with Crippen LogP contribution in [0.1, 0.15) is 18.4 Å². The second-order valence-corrected chi connectivity index (χ2v) is 5.50. The first-order valence-electron chi connectivity index (χ1n) is 7.39. The van der Waals surface area contributed by atoms with Crippen LogP contribution in [-0.2, 0) is 9.53 Å². The third-order valence-electron chi connectivity index (χ3n) is 3.60. The van der Waals surface area contributed by atoms with E-state index in [1.54, 1.807) is 6.08 Å². The highest BCUT2D eigenvalue weighted by Crippen LogP contribution is 2.15. The van der Waals surface area contributed by atoms with Crippen LogP contribution in [-0.4, -0.2) is 39.3 Å². The minimum Gasteiger partial charge on any atom is -0.378 e. The fourth-order valence-corrected chi connectivity index (χ4v) is 2.29. The quantitative estimate of drug-likeness (QED) is 0.667. The molecule has 1 aliphatic heterocycles. The molecule has 5 heteroatoms. The van der Waals surface area contributed by atoms with Gasteiger partial charge < -0.3 is 15.0 Å². The van der Waals surface area contributed by atoms with Crippen molar-refractivity contribution >= 4 is 17.7 Å². The monoisotopic (exact) mass is 299 g/mol. The summed E-state index contributed by atoms with van der Waals surface area (Å²) < 4.78 is 5.45. The number of rotatable bonds is 5. The van der Waals surface area contributed by atoms with Crippen molar-refractivity contribution in [3.8, 4) is 6.07 Å². The fourth-order valence-electron chi connectivity index (χ4n) is 2.29. The van der Waals surface area contributed by atoms with Gasteiger partial charge in [0.15, 0.2) is 0 Å². The summed E-state index contributed by atoms with van der Waals surface area (Å²) in [6.07, 6.45) is 3.66. The molecule has 1 fully saturated rings. The molecule has 0 aliphatic carbocycles. The maximum Gasteiger partial charge on any atom is 0.262 e. The molecule has 1 N–H and O–H groups in total. The van der Waals surface area contributed by atoms with E-state index in [2.05, 4.69) is 5.32 Å². The molecule has 1 aromatic carbocycles. The third kappa shape index (κ3) is 4.34. The van der Waals surface area contributed by atoms with E-state index in [1.807, 2.05) is 49.3 Å². The molecule has 0 radical (unpaired) electrons. The fraction of sp³-hybridized carbons (Fsp3) is 0.412. The van der Waals surface area contributed by atoms with E-state index in [4.69, 9.17) is 4.74 Å². The molecule has 1 aromatic rings. The standard InChI is InChI=1S/C17H21N3O2/c1-20(2)15-7-5-13(6-8-15)10-14(11-18)17(21)19-12-16-4-3-9-22-16/h5-8,10,16H,3-4,9,12H2,1-2H3,(H,19,21)/b14-10+. The molecule has 1 heterocycles. The molecule has 0 saturated carbocycles. The largest absolute Gasteiger partial charge is 0.378 e. The number of hydrogen-bond acceptors (Lipinski definition) is 4. The van der Waals surface area contributed by atoms with Crippen LogP contribution in [0.5, 0.6) is 0 Å². The van der Waals surface area contributed by atoms with Crippen molar-refractivity contribution in [3.63, 3.8) is 0 Å². The highest BCUT2D eigenvalue weighted by atomic mass is 16.5. The average molecular weight is 299 g/mol. The van der Waals surface area contributed by atoms with Gasteiger partial charge in [-0.25, -0.2) is 0 Å². The number of ether oxygens (including phenoxy) is 1. The Morgan fingerprint density at radius 3 is 2.73 bits per heavy atom. The Morgan fingerprint density at radius 1 is 1.45 bits per heavy atom. The van der Waals surface area contributed by atoms with Crippen molar-refractivity contribution in [1.29, 1.82) is 5.26 Å². The molecule has 116 valence electrons. The molecule has 0 aromatic heterocycles. The van der Waals surface area contributed by atoms with Gasteiger partial charge in [0.1, 0.15) is 11.6 Å². The van der Waals surface area contributed by atoms with Crippen LogP contribution in [0.2, 0.25) is 0 Å². The number of carbonyl (C=O) groups is 1. The van der Waals surface area contributed by atoms with Crippen molar-refractivity contribution in [1.82, 2.24) is 5.32 Å². The summed E-state index contributed by atoms with van der Waals surface area (Å²) in [5, 5.41) is 11.9. The molecule has 5 nitrogen and oxygen atoms in total. The molecule has 2 rings (SSSR count). The Bertz CT molecular complexity index is 579. The third-order valence-corrected chi connectivity index (χ3v) is 3.60. The maximum absolute atomic E-state index is 12.0. The van der Waals surface area contributed by atoms with Gasteiger partial charge >= 0.3 is 0 Å². The van der Waals surface area contributed by atoms with Crippen molar-refractivity contribution in [2.75, 3.05) is 32.1 Å². The first kappa shape index (κ1) is 16.1. The number of nitriles is 1. The average Bonchev–Trinajstić information content (AvgIpc) is 3.04. The molecule has 1 aliphatic rings. The van der Waals surface area contributed by atoms with E-state index in [-0.39, 0.29) is 17.6 Å². The van der Waals surface area contributed by atoms with E-state index in [1.165, 1.54) is 0 Å². The van der Waals surface area contributed by atoms with Gasteiger partial charge in [0, 0.05) is 32.9 Å². The molecule has 22 heavy (non-hydrogen) atoms.